The molecule has 2 rings (SSSR count). The van der Waals surface area contributed by atoms with Crippen LogP contribution in [0, 0.1) is 5.82 Å². The van der Waals surface area contributed by atoms with Gasteiger partial charge in [-0.05, 0) is 42.8 Å². The van der Waals surface area contributed by atoms with Gasteiger partial charge in [0, 0.05) is 0 Å². The van der Waals surface area contributed by atoms with E-state index in [1.807, 2.05) is 6.07 Å². The first-order chi connectivity index (χ1) is 9.74. The van der Waals surface area contributed by atoms with Gasteiger partial charge in [-0.1, -0.05) is 12.1 Å². The first-order valence-electron chi connectivity index (χ1n) is 6.48. The largest absolute Gasteiger partial charge is 0.467 e. The number of rotatable bonds is 7. The zero-order valence-electron chi connectivity index (χ0n) is 11.1. The lowest BCUT2D eigenvalue weighted by Crippen LogP contribution is -2.34. The number of benzene rings is 1. The summed E-state index contributed by atoms with van der Waals surface area (Å²) in [6.07, 6.45) is 2.33. The van der Waals surface area contributed by atoms with Crippen molar-refractivity contribution in [2.24, 2.45) is 0 Å². The number of furan rings is 1. The second kappa shape index (κ2) is 7.45. The maximum atomic E-state index is 12.7. The molecule has 5 heteroatoms. The van der Waals surface area contributed by atoms with E-state index in [0.717, 1.165) is 17.7 Å². The summed E-state index contributed by atoms with van der Waals surface area (Å²) in [7, 11) is 0. The molecule has 1 amide bonds. The number of carbonyl (C=O) groups excluding carboxylic acids is 1. The highest BCUT2D eigenvalue weighted by molar-refractivity contribution is 5.77. The zero-order chi connectivity index (χ0) is 14.2. The number of hydrogen-bond donors (Lipinski definition) is 2. The summed E-state index contributed by atoms with van der Waals surface area (Å²) < 4.78 is 17.8. The van der Waals surface area contributed by atoms with E-state index in [9.17, 15) is 9.18 Å². The molecule has 1 heterocycles. The van der Waals surface area contributed by atoms with Gasteiger partial charge < -0.3 is 15.1 Å². The minimum absolute atomic E-state index is 0.0829. The molecule has 0 aliphatic heterocycles. The monoisotopic (exact) mass is 276 g/mol. The van der Waals surface area contributed by atoms with Gasteiger partial charge in [0.2, 0.25) is 5.91 Å². The van der Waals surface area contributed by atoms with Crippen LogP contribution in [0.15, 0.2) is 47.1 Å². The molecule has 0 radical (unpaired) electrons. The summed E-state index contributed by atoms with van der Waals surface area (Å²) in [6, 6.07) is 9.95. The Morgan fingerprint density at radius 2 is 2.00 bits per heavy atom. The highest BCUT2D eigenvalue weighted by Gasteiger charge is 2.02. The summed E-state index contributed by atoms with van der Waals surface area (Å²) >= 11 is 0. The van der Waals surface area contributed by atoms with Gasteiger partial charge in [0.15, 0.2) is 0 Å². The van der Waals surface area contributed by atoms with Gasteiger partial charge >= 0.3 is 0 Å². The number of carbonyl (C=O) groups is 1. The van der Waals surface area contributed by atoms with Gasteiger partial charge in [-0.25, -0.2) is 4.39 Å². The van der Waals surface area contributed by atoms with Crippen molar-refractivity contribution in [1.82, 2.24) is 10.6 Å². The minimum Gasteiger partial charge on any atom is -0.467 e. The topological polar surface area (TPSA) is 54.3 Å². The van der Waals surface area contributed by atoms with Crippen molar-refractivity contribution in [3.8, 4) is 0 Å². The van der Waals surface area contributed by atoms with E-state index in [2.05, 4.69) is 10.6 Å². The Kier molecular flexibility index (Phi) is 5.32. The van der Waals surface area contributed by atoms with Crippen molar-refractivity contribution < 1.29 is 13.6 Å². The van der Waals surface area contributed by atoms with Crippen molar-refractivity contribution >= 4 is 5.91 Å². The minimum atomic E-state index is -0.237. The number of hydrogen-bond acceptors (Lipinski definition) is 3. The van der Waals surface area contributed by atoms with E-state index in [0.29, 0.717) is 13.1 Å². The molecule has 1 aromatic heterocycles. The molecule has 106 valence electrons. The van der Waals surface area contributed by atoms with Crippen LogP contribution in [0.2, 0.25) is 0 Å². The molecule has 0 aliphatic carbocycles. The normalized spacial score (nSPS) is 10.4. The quantitative estimate of drug-likeness (QED) is 0.759. The molecule has 0 unspecified atom stereocenters. The van der Waals surface area contributed by atoms with Crippen LogP contribution >= 0.6 is 0 Å². The van der Waals surface area contributed by atoms with Gasteiger partial charge in [0.1, 0.15) is 11.6 Å². The fourth-order valence-corrected chi connectivity index (χ4v) is 1.75. The molecule has 0 aliphatic rings. The molecule has 4 nitrogen and oxygen atoms in total. The average Bonchev–Trinajstić information content (AvgIpc) is 2.96. The van der Waals surface area contributed by atoms with Crippen molar-refractivity contribution in [2.45, 2.75) is 13.0 Å². The van der Waals surface area contributed by atoms with Crippen LogP contribution in [-0.2, 0) is 17.8 Å². The third-order valence-corrected chi connectivity index (χ3v) is 2.83. The van der Waals surface area contributed by atoms with E-state index < -0.39 is 0 Å². The smallest absolute Gasteiger partial charge is 0.234 e. The molecular formula is C15H17FN2O2. The van der Waals surface area contributed by atoms with Gasteiger partial charge in [-0.3, -0.25) is 4.79 Å². The van der Waals surface area contributed by atoms with Crippen molar-refractivity contribution in [3.63, 3.8) is 0 Å². The summed E-state index contributed by atoms with van der Waals surface area (Å²) in [5, 5.41) is 5.79. The van der Waals surface area contributed by atoms with Crippen LogP contribution in [-0.4, -0.2) is 19.0 Å². The van der Waals surface area contributed by atoms with E-state index >= 15 is 0 Å². The van der Waals surface area contributed by atoms with Crippen LogP contribution in [0.5, 0.6) is 0 Å². The molecule has 0 fully saturated rings. The number of amides is 1. The van der Waals surface area contributed by atoms with Crippen molar-refractivity contribution in [3.05, 3.63) is 59.8 Å². The molecule has 2 N–H and O–H groups in total. The lowest BCUT2D eigenvalue weighted by Gasteiger charge is -2.06. The molecule has 1 aromatic carbocycles. The Morgan fingerprint density at radius 1 is 1.20 bits per heavy atom. The SMILES string of the molecule is O=C(CNCCc1ccc(F)cc1)NCc1ccco1. The van der Waals surface area contributed by atoms with E-state index in [-0.39, 0.29) is 18.3 Å². The Morgan fingerprint density at radius 3 is 2.70 bits per heavy atom. The van der Waals surface area contributed by atoms with Crippen molar-refractivity contribution in [1.29, 1.82) is 0 Å². The van der Waals surface area contributed by atoms with Gasteiger partial charge in [-0.15, -0.1) is 0 Å². The number of nitrogens with one attached hydrogen (secondary N) is 2. The lowest BCUT2D eigenvalue weighted by atomic mass is 10.1. The van der Waals surface area contributed by atoms with E-state index in [4.69, 9.17) is 4.42 Å². The van der Waals surface area contributed by atoms with Crippen LogP contribution in [0.25, 0.3) is 0 Å². The molecular weight excluding hydrogens is 259 g/mol. The second-order valence-corrected chi connectivity index (χ2v) is 4.41. The fraction of sp³-hybridized carbons (Fsp3) is 0.267. The molecule has 0 bridgehead atoms. The van der Waals surface area contributed by atoms with Crippen LogP contribution in [0.4, 0.5) is 4.39 Å². The van der Waals surface area contributed by atoms with E-state index in [1.165, 1.54) is 12.1 Å². The fourth-order valence-electron chi connectivity index (χ4n) is 1.75. The molecule has 2 aromatic rings. The number of halogens is 1. The Hall–Kier alpha value is -2.14. The molecule has 0 saturated carbocycles. The molecule has 0 saturated heterocycles. The Labute approximate surface area is 117 Å². The molecule has 20 heavy (non-hydrogen) atoms. The summed E-state index contributed by atoms with van der Waals surface area (Å²) in [4.78, 5) is 11.5. The second-order valence-electron chi connectivity index (χ2n) is 4.41. The summed E-state index contributed by atoms with van der Waals surface area (Å²) in [6.45, 7) is 1.31. The molecule has 0 atom stereocenters. The van der Waals surface area contributed by atoms with Crippen molar-refractivity contribution in [2.75, 3.05) is 13.1 Å². The standard InChI is InChI=1S/C15H17FN2O2/c16-13-5-3-12(4-6-13)7-8-17-11-15(19)18-10-14-2-1-9-20-14/h1-6,9,17H,7-8,10-11H2,(H,18,19). The molecule has 0 spiro atoms. The zero-order valence-corrected chi connectivity index (χ0v) is 11.1. The van der Waals surface area contributed by atoms with Crippen LogP contribution < -0.4 is 10.6 Å². The summed E-state index contributed by atoms with van der Waals surface area (Å²) in [5.74, 6) is 0.407. The Bertz CT molecular complexity index is 523. The highest BCUT2D eigenvalue weighted by atomic mass is 19.1. The first-order valence-corrected chi connectivity index (χ1v) is 6.48. The predicted octanol–water partition coefficient (Wildman–Crippen LogP) is 1.87. The maximum Gasteiger partial charge on any atom is 0.234 e. The van der Waals surface area contributed by atoms with Gasteiger partial charge in [-0.2, -0.15) is 0 Å². The van der Waals surface area contributed by atoms with Crippen LogP contribution in [0.1, 0.15) is 11.3 Å². The van der Waals surface area contributed by atoms with Crippen LogP contribution in [0.3, 0.4) is 0 Å². The lowest BCUT2D eigenvalue weighted by molar-refractivity contribution is -0.120. The third kappa shape index (κ3) is 4.85. The third-order valence-electron chi connectivity index (χ3n) is 2.83. The maximum absolute atomic E-state index is 12.7. The van der Waals surface area contributed by atoms with E-state index in [1.54, 1.807) is 24.5 Å². The Balaban J connectivity index is 1.58. The predicted molar refractivity (Wildman–Crippen MR) is 73.5 cm³/mol. The first kappa shape index (κ1) is 14.3. The summed E-state index contributed by atoms with van der Waals surface area (Å²) in [5.41, 5.74) is 1.04. The van der Waals surface area contributed by atoms with Gasteiger partial charge in [0.05, 0.1) is 19.4 Å². The highest BCUT2D eigenvalue weighted by Crippen LogP contribution is 2.02. The van der Waals surface area contributed by atoms with Gasteiger partial charge in [0.25, 0.3) is 0 Å². The average molecular weight is 276 g/mol.